The van der Waals surface area contributed by atoms with Crippen molar-refractivity contribution >= 4 is 34.5 Å². The molecule has 0 fully saturated rings. The summed E-state index contributed by atoms with van der Waals surface area (Å²) in [6.07, 6.45) is 0. The van der Waals surface area contributed by atoms with Crippen molar-refractivity contribution in [3.8, 4) is 11.5 Å². The van der Waals surface area contributed by atoms with E-state index in [4.69, 9.17) is 27.8 Å². The van der Waals surface area contributed by atoms with Crippen molar-refractivity contribution in [2.75, 3.05) is 11.5 Å². The van der Waals surface area contributed by atoms with E-state index in [1.165, 1.54) is 12.1 Å². The molecule has 0 aliphatic heterocycles. The van der Waals surface area contributed by atoms with Crippen LogP contribution in [0.3, 0.4) is 0 Å². The number of carbonyl (C=O) groups is 2. The molecule has 0 spiro atoms. The molecule has 0 radical (unpaired) electrons. The fourth-order valence-electron chi connectivity index (χ4n) is 3.09. The van der Waals surface area contributed by atoms with Crippen molar-refractivity contribution in [1.82, 2.24) is 0 Å². The molecule has 5 nitrogen and oxygen atoms in total. The fourth-order valence-corrected chi connectivity index (χ4v) is 3.32. The zero-order valence-electron chi connectivity index (χ0n) is 13.5. The zero-order chi connectivity index (χ0) is 18.4. The molecular weight excluding hydrogens is 352 g/mol. The summed E-state index contributed by atoms with van der Waals surface area (Å²) >= 11 is 6.02. The van der Waals surface area contributed by atoms with Gasteiger partial charge in [-0.1, -0.05) is 29.8 Å². The number of ketones is 2. The number of hydrogen-bond donors (Lipinski definition) is 2. The Bertz CT molecular complexity index is 1080. The number of anilines is 2. The van der Waals surface area contributed by atoms with E-state index in [-0.39, 0.29) is 44.4 Å². The molecule has 4 rings (SSSR count). The Labute approximate surface area is 154 Å². The van der Waals surface area contributed by atoms with Crippen molar-refractivity contribution in [2.45, 2.75) is 0 Å². The lowest BCUT2D eigenvalue weighted by Gasteiger charge is -2.22. The van der Waals surface area contributed by atoms with Crippen LogP contribution in [0.4, 0.5) is 11.4 Å². The number of halogens is 1. The Kier molecular flexibility index (Phi) is 3.67. The molecule has 0 amide bonds. The first kappa shape index (κ1) is 16.2. The Morgan fingerprint density at radius 3 is 2.23 bits per heavy atom. The van der Waals surface area contributed by atoms with Gasteiger partial charge in [0.1, 0.15) is 11.5 Å². The highest BCUT2D eigenvalue weighted by Gasteiger charge is 2.36. The van der Waals surface area contributed by atoms with Crippen LogP contribution < -0.4 is 16.2 Å². The number of hydrogen-bond acceptors (Lipinski definition) is 5. The van der Waals surface area contributed by atoms with Crippen molar-refractivity contribution < 1.29 is 14.3 Å². The largest absolute Gasteiger partial charge is 0.457 e. The van der Waals surface area contributed by atoms with Gasteiger partial charge in [0.2, 0.25) is 0 Å². The predicted octanol–water partition coefficient (Wildman–Crippen LogP) is 4.07. The van der Waals surface area contributed by atoms with Crippen molar-refractivity contribution in [2.24, 2.45) is 0 Å². The Morgan fingerprint density at radius 2 is 1.50 bits per heavy atom. The number of carbonyl (C=O) groups excluding carboxylic acids is 2. The van der Waals surface area contributed by atoms with Crippen LogP contribution >= 0.6 is 11.6 Å². The number of para-hydroxylation sites is 1. The van der Waals surface area contributed by atoms with Crippen molar-refractivity contribution in [1.29, 1.82) is 0 Å². The van der Waals surface area contributed by atoms with Crippen LogP contribution in [0.15, 0.2) is 54.6 Å². The van der Waals surface area contributed by atoms with Gasteiger partial charge in [-0.3, -0.25) is 9.59 Å². The minimum atomic E-state index is -0.417. The Hall–Kier alpha value is -3.31. The van der Waals surface area contributed by atoms with Gasteiger partial charge in [0.15, 0.2) is 11.6 Å². The minimum Gasteiger partial charge on any atom is -0.457 e. The van der Waals surface area contributed by atoms with E-state index in [1.807, 2.05) is 18.2 Å². The summed E-state index contributed by atoms with van der Waals surface area (Å²) in [5.41, 5.74) is 12.8. The van der Waals surface area contributed by atoms with E-state index in [0.717, 1.165) is 0 Å². The number of nitrogen functional groups attached to an aromatic ring is 2. The lowest BCUT2D eigenvalue weighted by Crippen LogP contribution is -2.24. The van der Waals surface area contributed by atoms with Gasteiger partial charge < -0.3 is 16.2 Å². The molecule has 3 aromatic carbocycles. The van der Waals surface area contributed by atoms with Gasteiger partial charge in [0.05, 0.1) is 16.7 Å². The van der Waals surface area contributed by atoms with Crippen LogP contribution in [0.1, 0.15) is 31.8 Å². The van der Waals surface area contributed by atoms with Crippen molar-refractivity contribution in [3.63, 3.8) is 0 Å². The second-order valence-corrected chi connectivity index (χ2v) is 6.33. The molecule has 0 unspecified atom stereocenters. The fraction of sp³-hybridized carbons (Fsp3) is 0. The normalized spacial score (nSPS) is 12.5. The molecule has 0 aromatic heterocycles. The number of nitrogens with two attached hydrogens (primary N) is 2. The molecule has 0 saturated carbocycles. The SMILES string of the molecule is Nc1cc(Cl)cc2c1C(=O)c1c(N)ccc(Oc3ccccc3)c1C2=O. The average molecular weight is 365 g/mol. The maximum absolute atomic E-state index is 13.1. The van der Waals surface area contributed by atoms with Gasteiger partial charge in [-0.2, -0.15) is 0 Å². The molecule has 0 saturated heterocycles. The van der Waals surface area contributed by atoms with Crippen LogP contribution in [0.2, 0.25) is 5.02 Å². The average Bonchev–Trinajstić information content (AvgIpc) is 2.61. The van der Waals surface area contributed by atoms with Crippen LogP contribution in [0.5, 0.6) is 11.5 Å². The van der Waals surface area contributed by atoms with Crippen molar-refractivity contribution in [3.05, 3.63) is 81.9 Å². The summed E-state index contributed by atoms with van der Waals surface area (Å²) in [4.78, 5) is 26.1. The molecular formula is C20H13ClN2O3. The van der Waals surface area contributed by atoms with E-state index in [9.17, 15) is 9.59 Å². The number of ether oxygens (including phenoxy) is 1. The molecule has 0 atom stereocenters. The molecule has 128 valence electrons. The standard InChI is InChI=1S/C20H13ClN2O3/c21-10-8-12-16(14(23)9-10)20(25)17-13(22)6-7-15(18(17)19(12)24)26-11-4-2-1-3-5-11/h1-9H,22-23H2. The monoisotopic (exact) mass is 364 g/mol. The lowest BCUT2D eigenvalue weighted by atomic mass is 9.82. The summed E-state index contributed by atoms with van der Waals surface area (Å²) in [5.74, 6) is -0.0270. The summed E-state index contributed by atoms with van der Waals surface area (Å²) < 4.78 is 5.83. The quantitative estimate of drug-likeness (QED) is 0.523. The molecule has 26 heavy (non-hydrogen) atoms. The molecule has 1 aliphatic rings. The van der Waals surface area contributed by atoms with Crippen LogP contribution in [0.25, 0.3) is 0 Å². The third kappa shape index (κ3) is 2.41. The summed E-state index contributed by atoms with van der Waals surface area (Å²) in [6.45, 7) is 0. The molecule has 0 heterocycles. The van der Waals surface area contributed by atoms with E-state index < -0.39 is 11.6 Å². The topological polar surface area (TPSA) is 95.4 Å². The Balaban J connectivity index is 1.94. The molecule has 6 heteroatoms. The first-order valence-corrected chi connectivity index (χ1v) is 8.19. The number of rotatable bonds is 2. The third-order valence-electron chi connectivity index (χ3n) is 4.23. The number of fused-ring (bicyclic) bond motifs is 2. The van der Waals surface area contributed by atoms with Gasteiger partial charge >= 0.3 is 0 Å². The van der Waals surface area contributed by atoms with E-state index in [0.29, 0.717) is 5.75 Å². The van der Waals surface area contributed by atoms with Gasteiger partial charge in [-0.15, -0.1) is 0 Å². The smallest absolute Gasteiger partial charge is 0.198 e. The highest BCUT2D eigenvalue weighted by atomic mass is 35.5. The highest BCUT2D eigenvalue weighted by molar-refractivity contribution is 6.36. The Morgan fingerprint density at radius 1 is 0.769 bits per heavy atom. The van der Waals surface area contributed by atoms with Crippen LogP contribution in [-0.4, -0.2) is 11.6 Å². The van der Waals surface area contributed by atoms with Crippen LogP contribution in [0, 0.1) is 0 Å². The second kappa shape index (κ2) is 5.89. The zero-order valence-corrected chi connectivity index (χ0v) is 14.2. The molecule has 4 N–H and O–H groups in total. The van der Waals surface area contributed by atoms with Gasteiger partial charge in [0.25, 0.3) is 0 Å². The first-order valence-electron chi connectivity index (χ1n) is 7.81. The third-order valence-corrected chi connectivity index (χ3v) is 4.45. The minimum absolute atomic E-state index is 0.102. The van der Waals surface area contributed by atoms with E-state index >= 15 is 0 Å². The second-order valence-electron chi connectivity index (χ2n) is 5.89. The maximum Gasteiger partial charge on any atom is 0.198 e. The predicted molar refractivity (Wildman–Crippen MR) is 100 cm³/mol. The van der Waals surface area contributed by atoms with Crippen LogP contribution in [-0.2, 0) is 0 Å². The summed E-state index contributed by atoms with van der Waals surface area (Å²) in [7, 11) is 0. The van der Waals surface area contributed by atoms with Gasteiger partial charge in [-0.25, -0.2) is 0 Å². The van der Waals surface area contributed by atoms with E-state index in [2.05, 4.69) is 0 Å². The van der Waals surface area contributed by atoms with E-state index in [1.54, 1.807) is 24.3 Å². The van der Waals surface area contributed by atoms with Gasteiger partial charge in [-0.05, 0) is 36.4 Å². The lowest BCUT2D eigenvalue weighted by molar-refractivity contribution is 0.0978. The maximum atomic E-state index is 13.1. The number of benzene rings is 3. The molecule has 3 aromatic rings. The highest BCUT2D eigenvalue weighted by Crippen LogP contribution is 2.40. The summed E-state index contributed by atoms with van der Waals surface area (Å²) in [5, 5.41) is 0.278. The first-order chi connectivity index (χ1) is 12.5. The molecule has 1 aliphatic carbocycles. The summed E-state index contributed by atoms with van der Waals surface area (Å²) in [6, 6.07) is 15.0. The molecule has 0 bridgehead atoms. The van der Waals surface area contributed by atoms with Gasteiger partial charge in [0, 0.05) is 22.0 Å².